The third kappa shape index (κ3) is 2.17. The summed E-state index contributed by atoms with van der Waals surface area (Å²) in [7, 11) is 0. The van der Waals surface area contributed by atoms with Gasteiger partial charge in [-0.3, -0.25) is 4.79 Å². The Balaban J connectivity index is 2.00. The molecule has 0 saturated carbocycles. The van der Waals surface area contributed by atoms with Crippen LogP contribution in [0, 0.1) is 11.3 Å². The van der Waals surface area contributed by atoms with Gasteiger partial charge in [-0.15, -0.1) is 11.3 Å². The van der Waals surface area contributed by atoms with Crippen molar-refractivity contribution < 1.29 is 4.79 Å². The molecule has 0 spiro atoms. The summed E-state index contributed by atoms with van der Waals surface area (Å²) in [6.45, 7) is 4.01. The number of Topliss-reactive ketones (excluding diaryl/α,β-unsaturated/α-hetero) is 1. The molecule has 0 amide bonds. The zero-order valence-electron chi connectivity index (χ0n) is 11.7. The van der Waals surface area contributed by atoms with E-state index in [1.807, 2.05) is 6.20 Å². The Morgan fingerprint density at radius 1 is 1.57 bits per heavy atom. The molecule has 1 aliphatic heterocycles. The average molecular weight is 301 g/mol. The molecular weight excluding hydrogens is 286 g/mol. The number of fused-ring (bicyclic) bond motifs is 1. The summed E-state index contributed by atoms with van der Waals surface area (Å²) in [4.78, 5) is 18.8. The highest BCUT2D eigenvalue weighted by Gasteiger charge is 2.26. The van der Waals surface area contributed by atoms with Crippen LogP contribution in [0.5, 0.6) is 0 Å². The van der Waals surface area contributed by atoms with Crippen LogP contribution in [0.2, 0.25) is 0 Å². The van der Waals surface area contributed by atoms with E-state index < -0.39 is 0 Å². The van der Waals surface area contributed by atoms with E-state index in [9.17, 15) is 10.1 Å². The minimum absolute atomic E-state index is 0.0150. The second kappa shape index (κ2) is 5.22. The third-order valence-electron chi connectivity index (χ3n) is 3.64. The second-order valence-corrected chi connectivity index (χ2v) is 5.87. The van der Waals surface area contributed by atoms with Crippen LogP contribution in [0.4, 0.5) is 10.7 Å². The molecule has 0 unspecified atom stereocenters. The summed E-state index contributed by atoms with van der Waals surface area (Å²) >= 11 is 1.32. The van der Waals surface area contributed by atoms with Crippen molar-refractivity contribution in [1.82, 2.24) is 9.55 Å². The van der Waals surface area contributed by atoms with Gasteiger partial charge in [0, 0.05) is 31.9 Å². The normalized spacial score (nSPS) is 13.8. The molecule has 0 atom stereocenters. The fourth-order valence-corrected chi connectivity index (χ4v) is 3.68. The van der Waals surface area contributed by atoms with Crippen molar-refractivity contribution in [3.8, 4) is 6.07 Å². The lowest BCUT2D eigenvalue weighted by atomic mass is 10.2. The van der Waals surface area contributed by atoms with E-state index in [4.69, 9.17) is 5.73 Å². The molecule has 0 bridgehead atoms. The fourth-order valence-electron chi connectivity index (χ4n) is 2.48. The van der Waals surface area contributed by atoms with Gasteiger partial charge in [-0.25, -0.2) is 4.98 Å². The van der Waals surface area contributed by atoms with E-state index in [0.29, 0.717) is 29.1 Å². The summed E-state index contributed by atoms with van der Waals surface area (Å²) in [5, 5.41) is 10.1. The first-order valence-electron chi connectivity index (χ1n) is 6.76. The molecule has 0 radical (unpaired) electrons. The number of rotatable bonds is 3. The maximum Gasteiger partial charge on any atom is 0.174 e. The van der Waals surface area contributed by atoms with E-state index in [0.717, 1.165) is 23.9 Å². The molecule has 7 heteroatoms. The zero-order chi connectivity index (χ0) is 15.0. The third-order valence-corrected chi connectivity index (χ3v) is 4.95. The lowest BCUT2D eigenvalue weighted by Gasteiger charge is -2.28. The van der Waals surface area contributed by atoms with Crippen LogP contribution in [-0.4, -0.2) is 21.9 Å². The van der Waals surface area contributed by atoms with Gasteiger partial charge in [-0.1, -0.05) is 6.92 Å². The van der Waals surface area contributed by atoms with Gasteiger partial charge < -0.3 is 15.2 Å². The topological polar surface area (TPSA) is 87.9 Å². The highest BCUT2D eigenvalue weighted by Crippen LogP contribution is 2.39. The maximum atomic E-state index is 11.9. The van der Waals surface area contributed by atoms with Gasteiger partial charge in [-0.2, -0.15) is 5.26 Å². The van der Waals surface area contributed by atoms with Crippen molar-refractivity contribution in [1.29, 1.82) is 5.26 Å². The predicted molar refractivity (Wildman–Crippen MR) is 81.3 cm³/mol. The van der Waals surface area contributed by atoms with Crippen molar-refractivity contribution >= 4 is 27.8 Å². The lowest BCUT2D eigenvalue weighted by Crippen LogP contribution is -2.33. The van der Waals surface area contributed by atoms with E-state index >= 15 is 0 Å². The molecular formula is C14H15N5OS. The lowest BCUT2D eigenvalue weighted by molar-refractivity contribution is 0.0993. The molecule has 2 N–H and O–H groups in total. The molecule has 0 aliphatic carbocycles. The number of hydrogen-bond donors (Lipinski definition) is 1. The first kappa shape index (κ1) is 13.6. The van der Waals surface area contributed by atoms with Crippen molar-refractivity contribution in [3.63, 3.8) is 0 Å². The number of carbonyl (C=O) groups excluding carboxylic acids is 1. The SMILES string of the molecule is CCC(=O)c1sc(N2CCn3ccnc3C2)c(C#N)c1N. The number of carbonyl (C=O) groups is 1. The molecule has 0 aromatic carbocycles. The zero-order valence-corrected chi connectivity index (χ0v) is 12.5. The minimum Gasteiger partial charge on any atom is -0.396 e. The van der Waals surface area contributed by atoms with Gasteiger partial charge in [0.25, 0.3) is 0 Å². The molecule has 0 saturated heterocycles. The van der Waals surface area contributed by atoms with E-state index in [-0.39, 0.29) is 5.78 Å². The Morgan fingerprint density at radius 3 is 3.10 bits per heavy atom. The highest BCUT2D eigenvalue weighted by atomic mass is 32.1. The Hall–Kier alpha value is -2.33. The summed E-state index contributed by atoms with van der Waals surface area (Å²) in [5.74, 6) is 0.944. The van der Waals surface area contributed by atoms with Crippen LogP contribution >= 0.6 is 11.3 Å². The average Bonchev–Trinajstić information content (AvgIpc) is 3.09. The van der Waals surface area contributed by atoms with Crippen molar-refractivity contribution in [2.75, 3.05) is 17.2 Å². The van der Waals surface area contributed by atoms with Crippen LogP contribution in [0.15, 0.2) is 12.4 Å². The number of anilines is 2. The first-order chi connectivity index (χ1) is 10.2. The quantitative estimate of drug-likeness (QED) is 0.876. The number of hydrogen-bond acceptors (Lipinski definition) is 6. The summed E-state index contributed by atoms with van der Waals surface area (Å²) < 4.78 is 2.09. The number of nitrogens with two attached hydrogens (primary N) is 1. The first-order valence-corrected chi connectivity index (χ1v) is 7.57. The van der Waals surface area contributed by atoms with Crippen molar-refractivity contribution in [2.45, 2.75) is 26.4 Å². The Labute approximate surface area is 126 Å². The van der Waals surface area contributed by atoms with E-state index in [1.165, 1.54) is 11.3 Å². The fraction of sp³-hybridized carbons (Fsp3) is 0.357. The number of nitriles is 1. The van der Waals surface area contributed by atoms with E-state index in [1.54, 1.807) is 13.1 Å². The van der Waals surface area contributed by atoms with Gasteiger partial charge in [0.05, 0.1) is 17.1 Å². The largest absolute Gasteiger partial charge is 0.396 e. The number of thiophene rings is 1. The maximum absolute atomic E-state index is 11.9. The Morgan fingerprint density at radius 2 is 2.38 bits per heavy atom. The van der Waals surface area contributed by atoms with Gasteiger partial charge in [0.2, 0.25) is 0 Å². The molecule has 2 aromatic heterocycles. The second-order valence-electron chi connectivity index (χ2n) is 4.87. The monoisotopic (exact) mass is 301 g/mol. The van der Waals surface area contributed by atoms with Gasteiger partial charge in [0.1, 0.15) is 22.5 Å². The Kier molecular flexibility index (Phi) is 3.39. The van der Waals surface area contributed by atoms with Gasteiger partial charge in [0.15, 0.2) is 5.78 Å². The number of nitrogens with zero attached hydrogens (tertiary/aromatic N) is 4. The standard InChI is InChI=1S/C14H15N5OS/c1-2-10(20)13-12(16)9(7-15)14(21-13)19-6-5-18-4-3-17-11(18)8-19/h3-4H,2,5-6,8,16H2,1H3. The number of ketones is 1. The predicted octanol–water partition coefficient (Wildman–Crippen LogP) is 2.01. The number of imidazole rings is 1. The smallest absolute Gasteiger partial charge is 0.174 e. The molecule has 3 heterocycles. The summed E-state index contributed by atoms with van der Waals surface area (Å²) in [6, 6.07) is 2.14. The molecule has 3 rings (SSSR count). The van der Waals surface area contributed by atoms with Gasteiger partial charge in [-0.05, 0) is 0 Å². The summed E-state index contributed by atoms with van der Waals surface area (Å²) in [5.41, 5.74) is 6.72. The van der Waals surface area contributed by atoms with Crippen LogP contribution < -0.4 is 10.6 Å². The molecule has 2 aromatic rings. The van der Waals surface area contributed by atoms with E-state index in [2.05, 4.69) is 20.5 Å². The Bertz CT molecular complexity index is 739. The van der Waals surface area contributed by atoms with Crippen LogP contribution in [0.25, 0.3) is 0 Å². The highest BCUT2D eigenvalue weighted by molar-refractivity contribution is 7.19. The van der Waals surface area contributed by atoms with Crippen LogP contribution in [0.1, 0.15) is 34.4 Å². The number of nitrogen functional groups attached to an aromatic ring is 1. The van der Waals surface area contributed by atoms with Crippen LogP contribution in [0.3, 0.4) is 0 Å². The van der Waals surface area contributed by atoms with Crippen LogP contribution in [-0.2, 0) is 13.1 Å². The summed E-state index contributed by atoms with van der Waals surface area (Å²) in [6.07, 6.45) is 4.12. The minimum atomic E-state index is -0.0150. The molecule has 6 nitrogen and oxygen atoms in total. The molecule has 0 fully saturated rings. The molecule has 21 heavy (non-hydrogen) atoms. The number of aromatic nitrogens is 2. The van der Waals surface area contributed by atoms with Crippen molar-refractivity contribution in [3.05, 3.63) is 28.7 Å². The molecule has 108 valence electrons. The van der Waals surface area contributed by atoms with Gasteiger partial charge >= 0.3 is 0 Å². The molecule has 1 aliphatic rings. The van der Waals surface area contributed by atoms with Crippen molar-refractivity contribution in [2.24, 2.45) is 0 Å².